The number of hydrogen-bond acceptors (Lipinski definition) is 4. The van der Waals surface area contributed by atoms with Gasteiger partial charge in [-0.05, 0) is 17.7 Å². The molecule has 0 fully saturated rings. The maximum Gasteiger partial charge on any atom is 0.337 e. The van der Waals surface area contributed by atoms with Crippen LogP contribution >= 0.6 is 12.4 Å². The number of carbonyl (C=O) groups excluding carboxylic acids is 1. The molecule has 1 aromatic rings. The van der Waals surface area contributed by atoms with Crippen molar-refractivity contribution in [3.63, 3.8) is 0 Å². The molecule has 1 rings (SSSR count). The molecule has 0 unspecified atom stereocenters. The zero-order valence-corrected chi connectivity index (χ0v) is 9.04. The first-order valence-electron chi connectivity index (χ1n) is 4.05. The lowest BCUT2D eigenvalue weighted by molar-refractivity contribution is 0.0600. The smallest absolute Gasteiger partial charge is 0.337 e. The fourth-order valence-corrected chi connectivity index (χ4v) is 0.993. The molecule has 5 heteroatoms. The van der Waals surface area contributed by atoms with Gasteiger partial charge in [-0.15, -0.1) is 12.4 Å². The van der Waals surface area contributed by atoms with Crippen LogP contribution in [0.1, 0.15) is 15.9 Å². The van der Waals surface area contributed by atoms with Gasteiger partial charge in [-0.25, -0.2) is 4.79 Å². The van der Waals surface area contributed by atoms with Crippen molar-refractivity contribution in [1.29, 1.82) is 5.41 Å². The van der Waals surface area contributed by atoms with Crippen LogP contribution in [0.4, 0.5) is 0 Å². The molecule has 0 aliphatic carbocycles. The molecular weight excluding hydrogens is 218 g/mol. The Labute approximate surface area is 94.1 Å². The lowest BCUT2D eigenvalue weighted by atomic mass is 10.1. The largest absolute Gasteiger partial charge is 0.479 e. The molecular formula is C10H12ClNO3. The molecule has 0 atom stereocenters. The highest BCUT2D eigenvalue weighted by Crippen LogP contribution is 2.06. The van der Waals surface area contributed by atoms with Crippen molar-refractivity contribution in [3.8, 4) is 0 Å². The Hall–Kier alpha value is -1.55. The van der Waals surface area contributed by atoms with Gasteiger partial charge in [0.05, 0.1) is 12.7 Å². The van der Waals surface area contributed by atoms with Gasteiger partial charge in [-0.1, -0.05) is 12.1 Å². The maximum atomic E-state index is 11.0. The standard InChI is InChI=1S/C10H11NO3.ClH/c1-13-10(12)9-4-2-8(3-5-9)6-14-7-11;/h2-5,7,11H,6H2,1H3;1H. The second-order valence-electron chi connectivity index (χ2n) is 2.62. The molecule has 0 aliphatic rings. The minimum atomic E-state index is -0.357. The van der Waals surface area contributed by atoms with E-state index in [0.717, 1.165) is 12.0 Å². The molecule has 0 bridgehead atoms. The molecule has 0 aromatic heterocycles. The molecule has 0 radical (unpaired) electrons. The molecule has 0 amide bonds. The summed E-state index contributed by atoms with van der Waals surface area (Å²) in [5, 5.41) is 6.67. The van der Waals surface area contributed by atoms with Gasteiger partial charge in [0.25, 0.3) is 0 Å². The van der Waals surface area contributed by atoms with E-state index in [1.807, 2.05) is 0 Å². The summed E-state index contributed by atoms with van der Waals surface area (Å²) in [7, 11) is 1.34. The third-order valence-electron chi connectivity index (χ3n) is 1.71. The second kappa shape index (κ2) is 6.84. The highest BCUT2D eigenvalue weighted by Gasteiger charge is 2.03. The van der Waals surface area contributed by atoms with Crippen LogP contribution in [0.15, 0.2) is 24.3 Å². The number of halogens is 1. The summed E-state index contributed by atoms with van der Waals surface area (Å²) in [6.45, 7) is 0.338. The van der Waals surface area contributed by atoms with Crippen LogP contribution in [-0.4, -0.2) is 19.5 Å². The van der Waals surface area contributed by atoms with Crippen LogP contribution in [0.5, 0.6) is 0 Å². The Morgan fingerprint density at radius 2 is 2.00 bits per heavy atom. The maximum absolute atomic E-state index is 11.0. The number of hydrogen-bond donors (Lipinski definition) is 1. The van der Waals surface area contributed by atoms with Crippen molar-refractivity contribution >= 4 is 24.8 Å². The minimum absolute atomic E-state index is 0. The Balaban J connectivity index is 0.00000196. The molecule has 0 saturated heterocycles. The van der Waals surface area contributed by atoms with E-state index >= 15 is 0 Å². The van der Waals surface area contributed by atoms with Crippen molar-refractivity contribution in [2.45, 2.75) is 6.61 Å². The fourth-order valence-electron chi connectivity index (χ4n) is 0.993. The van der Waals surface area contributed by atoms with E-state index in [-0.39, 0.29) is 18.4 Å². The first-order valence-corrected chi connectivity index (χ1v) is 4.05. The molecule has 0 heterocycles. The predicted molar refractivity (Wildman–Crippen MR) is 58.6 cm³/mol. The number of nitrogens with one attached hydrogen (secondary N) is 1. The Morgan fingerprint density at radius 3 is 2.47 bits per heavy atom. The van der Waals surface area contributed by atoms with Gasteiger partial charge in [0.15, 0.2) is 6.40 Å². The van der Waals surface area contributed by atoms with Crippen LogP contribution in [0, 0.1) is 5.41 Å². The number of carbonyl (C=O) groups is 1. The van der Waals surface area contributed by atoms with Gasteiger partial charge in [0.2, 0.25) is 0 Å². The van der Waals surface area contributed by atoms with E-state index < -0.39 is 0 Å². The fraction of sp³-hybridized carbons (Fsp3) is 0.200. The predicted octanol–water partition coefficient (Wildman–Crippen LogP) is 2.02. The highest BCUT2D eigenvalue weighted by molar-refractivity contribution is 5.89. The third-order valence-corrected chi connectivity index (χ3v) is 1.71. The SMILES string of the molecule is COC(=O)c1ccc(COC=N)cc1.Cl. The Morgan fingerprint density at radius 1 is 1.40 bits per heavy atom. The van der Waals surface area contributed by atoms with Crippen LogP contribution in [-0.2, 0) is 16.1 Å². The van der Waals surface area contributed by atoms with Crippen LogP contribution in [0.25, 0.3) is 0 Å². The van der Waals surface area contributed by atoms with E-state index in [9.17, 15) is 4.79 Å². The number of esters is 1. The normalized spacial score (nSPS) is 8.60. The molecule has 0 aliphatic heterocycles. The van der Waals surface area contributed by atoms with E-state index in [4.69, 9.17) is 10.1 Å². The zero-order chi connectivity index (χ0) is 10.4. The number of benzene rings is 1. The summed E-state index contributed by atoms with van der Waals surface area (Å²) in [4.78, 5) is 11.0. The number of rotatable bonds is 4. The molecule has 0 spiro atoms. The molecule has 1 aromatic carbocycles. The molecule has 82 valence electrons. The zero-order valence-electron chi connectivity index (χ0n) is 8.23. The first kappa shape index (κ1) is 13.4. The van der Waals surface area contributed by atoms with Gasteiger partial charge in [0, 0.05) is 0 Å². The topological polar surface area (TPSA) is 59.4 Å². The Kier molecular flexibility index (Phi) is 6.13. The minimum Gasteiger partial charge on any atom is -0.479 e. The number of methoxy groups -OCH3 is 1. The van der Waals surface area contributed by atoms with Gasteiger partial charge >= 0.3 is 5.97 Å². The van der Waals surface area contributed by atoms with Crippen molar-refractivity contribution in [3.05, 3.63) is 35.4 Å². The summed E-state index contributed by atoms with van der Waals surface area (Å²) < 4.78 is 9.32. The van der Waals surface area contributed by atoms with Crippen molar-refractivity contribution < 1.29 is 14.3 Å². The average Bonchev–Trinajstić information content (AvgIpc) is 2.26. The Bertz CT molecular complexity index is 324. The van der Waals surface area contributed by atoms with E-state index in [2.05, 4.69) is 4.74 Å². The second-order valence-corrected chi connectivity index (χ2v) is 2.62. The van der Waals surface area contributed by atoms with Crippen molar-refractivity contribution in [2.24, 2.45) is 0 Å². The average molecular weight is 230 g/mol. The quantitative estimate of drug-likeness (QED) is 0.488. The lowest BCUT2D eigenvalue weighted by Crippen LogP contribution is -2.01. The molecule has 1 N–H and O–H groups in total. The molecule has 4 nitrogen and oxygen atoms in total. The summed E-state index contributed by atoms with van der Waals surface area (Å²) in [6, 6.07) is 6.84. The van der Waals surface area contributed by atoms with Crippen LogP contribution < -0.4 is 0 Å². The first-order chi connectivity index (χ1) is 6.77. The molecule has 15 heavy (non-hydrogen) atoms. The lowest BCUT2D eigenvalue weighted by Gasteiger charge is -2.01. The van der Waals surface area contributed by atoms with Crippen molar-refractivity contribution in [2.75, 3.05) is 7.11 Å². The van der Waals surface area contributed by atoms with Gasteiger partial charge in [-0.3, -0.25) is 5.41 Å². The summed E-state index contributed by atoms with van der Waals surface area (Å²) in [5.74, 6) is -0.357. The summed E-state index contributed by atoms with van der Waals surface area (Å²) >= 11 is 0. The van der Waals surface area contributed by atoms with Crippen LogP contribution in [0.3, 0.4) is 0 Å². The third kappa shape index (κ3) is 3.99. The van der Waals surface area contributed by atoms with Crippen LogP contribution in [0.2, 0.25) is 0 Å². The van der Waals surface area contributed by atoms with E-state index in [1.165, 1.54) is 7.11 Å². The van der Waals surface area contributed by atoms with Crippen molar-refractivity contribution in [1.82, 2.24) is 0 Å². The van der Waals surface area contributed by atoms with Gasteiger partial charge < -0.3 is 9.47 Å². The van der Waals surface area contributed by atoms with Gasteiger partial charge in [0.1, 0.15) is 6.61 Å². The van der Waals surface area contributed by atoms with Gasteiger partial charge in [-0.2, -0.15) is 0 Å². The van der Waals surface area contributed by atoms with E-state index in [0.29, 0.717) is 12.2 Å². The van der Waals surface area contributed by atoms with E-state index in [1.54, 1.807) is 24.3 Å². The highest BCUT2D eigenvalue weighted by atomic mass is 35.5. The summed E-state index contributed by atoms with van der Waals surface area (Å²) in [5.41, 5.74) is 1.41. The summed E-state index contributed by atoms with van der Waals surface area (Å²) in [6.07, 6.45) is 0.883. The molecule has 0 saturated carbocycles. The number of ether oxygens (including phenoxy) is 2. The monoisotopic (exact) mass is 229 g/mol.